The molecule has 6 heteroatoms. The minimum absolute atomic E-state index is 0.0506. The summed E-state index contributed by atoms with van der Waals surface area (Å²) in [7, 11) is 0. The van der Waals surface area contributed by atoms with Crippen LogP contribution >= 0.6 is 0 Å². The van der Waals surface area contributed by atoms with E-state index in [1.165, 1.54) is 0 Å². The summed E-state index contributed by atoms with van der Waals surface area (Å²) in [6.45, 7) is 11.1. The Balaban J connectivity index is 2.29. The van der Waals surface area contributed by atoms with Crippen LogP contribution in [0.2, 0.25) is 0 Å². The van der Waals surface area contributed by atoms with Crippen molar-refractivity contribution in [3.8, 4) is 0 Å². The highest BCUT2D eigenvalue weighted by atomic mass is 16.5. The lowest BCUT2D eigenvalue weighted by atomic mass is 9.85. The fraction of sp³-hybridized carbons (Fsp3) is 0.800. The van der Waals surface area contributed by atoms with Gasteiger partial charge in [0.25, 0.3) is 0 Å². The van der Waals surface area contributed by atoms with Crippen LogP contribution in [0.4, 0.5) is 0 Å². The Morgan fingerprint density at radius 1 is 1.43 bits per heavy atom. The molecule has 1 aliphatic rings. The van der Waals surface area contributed by atoms with E-state index in [-0.39, 0.29) is 11.6 Å². The van der Waals surface area contributed by atoms with Gasteiger partial charge in [0, 0.05) is 31.4 Å². The molecule has 0 aliphatic carbocycles. The maximum atomic E-state index is 5.95. The van der Waals surface area contributed by atoms with Gasteiger partial charge in [-0.05, 0) is 25.8 Å². The highest BCUT2D eigenvalue weighted by Crippen LogP contribution is 2.34. The van der Waals surface area contributed by atoms with Gasteiger partial charge in [-0.1, -0.05) is 13.8 Å². The van der Waals surface area contributed by atoms with Gasteiger partial charge in [0.15, 0.2) is 0 Å². The lowest BCUT2D eigenvalue weighted by Crippen LogP contribution is -2.59. The van der Waals surface area contributed by atoms with Crippen molar-refractivity contribution in [2.75, 3.05) is 26.3 Å². The first-order chi connectivity index (χ1) is 10.2. The minimum atomic E-state index is -0.0515. The van der Waals surface area contributed by atoms with E-state index >= 15 is 0 Å². The molecule has 120 valence electrons. The van der Waals surface area contributed by atoms with Crippen LogP contribution in [0.15, 0.2) is 12.3 Å². The predicted octanol–water partition coefficient (Wildman–Crippen LogP) is 1.30. The molecule has 0 spiro atoms. The highest BCUT2D eigenvalue weighted by molar-refractivity contribution is 5.14. The van der Waals surface area contributed by atoms with Gasteiger partial charge in [0.05, 0.1) is 24.9 Å². The molecule has 2 unspecified atom stereocenters. The highest BCUT2D eigenvalue weighted by Gasteiger charge is 2.40. The second kappa shape index (κ2) is 7.35. The van der Waals surface area contributed by atoms with Crippen molar-refractivity contribution in [1.29, 1.82) is 0 Å². The van der Waals surface area contributed by atoms with Crippen LogP contribution < -0.4 is 11.3 Å². The van der Waals surface area contributed by atoms with E-state index in [2.05, 4.69) is 46.9 Å². The van der Waals surface area contributed by atoms with Crippen molar-refractivity contribution in [1.82, 2.24) is 20.1 Å². The monoisotopic (exact) mass is 295 g/mol. The zero-order chi connectivity index (χ0) is 15.3. The molecule has 0 bridgehead atoms. The zero-order valence-electron chi connectivity index (χ0n) is 13.5. The molecule has 0 saturated carbocycles. The Morgan fingerprint density at radius 2 is 2.14 bits per heavy atom. The standard InChI is InChI=1S/C15H29N5O/c1-4-8-20-13(6-7-17-20)14(18-16)15(3,5-2)19-9-11-21-12-10-19/h6-7,14,18H,4-5,8-12,16H2,1-3H3. The van der Waals surface area contributed by atoms with Crippen LogP contribution in [0.1, 0.15) is 45.3 Å². The topological polar surface area (TPSA) is 68.3 Å². The first-order valence-electron chi connectivity index (χ1n) is 7.98. The number of aromatic nitrogens is 2. The van der Waals surface area contributed by atoms with Crippen molar-refractivity contribution < 1.29 is 4.74 Å². The second-order valence-electron chi connectivity index (χ2n) is 5.89. The van der Waals surface area contributed by atoms with Crippen molar-refractivity contribution in [3.63, 3.8) is 0 Å². The Labute approximate surface area is 127 Å². The van der Waals surface area contributed by atoms with Gasteiger partial charge in [-0.15, -0.1) is 0 Å². The fourth-order valence-electron chi connectivity index (χ4n) is 3.25. The molecule has 1 aromatic rings. The van der Waals surface area contributed by atoms with Gasteiger partial charge in [-0.2, -0.15) is 5.10 Å². The number of nitrogens with two attached hydrogens (primary N) is 1. The molecule has 21 heavy (non-hydrogen) atoms. The second-order valence-corrected chi connectivity index (χ2v) is 5.89. The van der Waals surface area contributed by atoms with Crippen LogP contribution in [0.5, 0.6) is 0 Å². The normalized spacial score (nSPS) is 21.1. The molecule has 3 N–H and O–H groups in total. The molecule has 6 nitrogen and oxygen atoms in total. The largest absolute Gasteiger partial charge is 0.379 e. The van der Waals surface area contributed by atoms with Crippen molar-refractivity contribution >= 4 is 0 Å². The summed E-state index contributed by atoms with van der Waals surface area (Å²) < 4.78 is 7.56. The summed E-state index contributed by atoms with van der Waals surface area (Å²) in [5.74, 6) is 5.95. The average molecular weight is 295 g/mol. The molecule has 1 saturated heterocycles. The van der Waals surface area contributed by atoms with Crippen LogP contribution in [0.25, 0.3) is 0 Å². The predicted molar refractivity (Wildman–Crippen MR) is 83.7 cm³/mol. The fourth-order valence-corrected chi connectivity index (χ4v) is 3.25. The maximum Gasteiger partial charge on any atom is 0.0809 e. The Bertz CT molecular complexity index is 429. The summed E-state index contributed by atoms with van der Waals surface area (Å²) in [5.41, 5.74) is 4.16. The number of hydrazine groups is 1. The van der Waals surface area contributed by atoms with Crippen LogP contribution in [-0.4, -0.2) is 46.5 Å². The molecule has 2 atom stereocenters. The van der Waals surface area contributed by atoms with Gasteiger partial charge in [0.1, 0.15) is 0 Å². The Hall–Kier alpha value is -0.950. The molecule has 1 aromatic heterocycles. The third kappa shape index (κ3) is 3.29. The summed E-state index contributed by atoms with van der Waals surface area (Å²) in [5, 5.41) is 4.45. The van der Waals surface area contributed by atoms with E-state index in [4.69, 9.17) is 10.6 Å². The van der Waals surface area contributed by atoms with Crippen LogP contribution in [0, 0.1) is 0 Å². The minimum Gasteiger partial charge on any atom is -0.379 e. The first kappa shape index (κ1) is 16.4. The summed E-state index contributed by atoms with van der Waals surface area (Å²) in [6, 6.07) is 2.13. The molecular weight excluding hydrogens is 266 g/mol. The van der Waals surface area contributed by atoms with E-state index in [0.29, 0.717) is 0 Å². The molecule has 0 amide bonds. The molecule has 0 radical (unpaired) electrons. The molecule has 1 fully saturated rings. The Kier molecular flexibility index (Phi) is 5.75. The van der Waals surface area contributed by atoms with Crippen LogP contribution in [-0.2, 0) is 11.3 Å². The number of morpholine rings is 1. The van der Waals surface area contributed by atoms with Crippen molar-refractivity contribution in [3.05, 3.63) is 18.0 Å². The van der Waals surface area contributed by atoms with E-state index in [1.54, 1.807) is 0 Å². The summed E-state index contributed by atoms with van der Waals surface area (Å²) >= 11 is 0. The van der Waals surface area contributed by atoms with Gasteiger partial charge in [-0.3, -0.25) is 15.4 Å². The summed E-state index contributed by atoms with van der Waals surface area (Å²) in [4.78, 5) is 2.49. The number of nitrogens with zero attached hydrogens (tertiary/aromatic N) is 3. The van der Waals surface area contributed by atoms with E-state index in [9.17, 15) is 0 Å². The molecule has 1 aliphatic heterocycles. The average Bonchev–Trinajstić information content (AvgIpc) is 2.97. The third-order valence-corrected chi connectivity index (χ3v) is 4.72. The molecule has 0 aromatic carbocycles. The smallest absolute Gasteiger partial charge is 0.0809 e. The number of hydrogen-bond donors (Lipinski definition) is 2. The first-order valence-corrected chi connectivity index (χ1v) is 7.98. The third-order valence-electron chi connectivity index (χ3n) is 4.72. The van der Waals surface area contributed by atoms with Crippen molar-refractivity contribution in [2.24, 2.45) is 5.84 Å². The van der Waals surface area contributed by atoms with Gasteiger partial charge in [-0.25, -0.2) is 5.43 Å². The van der Waals surface area contributed by atoms with Gasteiger partial charge < -0.3 is 4.74 Å². The Morgan fingerprint density at radius 3 is 2.71 bits per heavy atom. The number of ether oxygens (including phenoxy) is 1. The quantitative estimate of drug-likeness (QED) is 0.586. The number of nitrogens with one attached hydrogen (secondary N) is 1. The van der Waals surface area contributed by atoms with Crippen LogP contribution in [0.3, 0.4) is 0 Å². The summed E-state index contributed by atoms with van der Waals surface area (Å²) in [6.07, 6.45) is 3.94. The van der Waals surface area contributed by atoms with E-state index in [0.717, 1.165) is 51.4 Å². The SMILES string of the molecule is CCCn1nccc1C(NN)C(C)(CC)N1CCOCC1. The molecule has 2 heterocycles. The van der Waals surface area contributed by atoms with E-state index in [1.807, 2.05) is 6.20 Å². The van der Waals surface area contributed by atoms with E-state index < -0.39 is 0 Å². The van der Waals surface area contributed by atoms with Gasteiger partial charge >= 0.3 is 0 Å². The van der Waals surface area contributed by atoms with Crippen molar-refractivity contribution in [2.45, 2.75) is 51.7 Å². The lowest BCUT2D eigenvalue weighted by Gasteiger charge is -2.47. The number of hydrogen-bond acceptors (Lipinski definition) is 5. The number of aryl methyl sites for hydroxylation is 1. The molecular formula is C15H29N5O. The maximum absolute atomic E-state index is 5.95. The molecule has 2 rings (SSSR count). The number of rotatable bonds is 7. The zero-order valence-corrected chi connectivity index (χ0v) is 13.5. The lowest BCUT2D eigenvalue weighted by molar-refractivity contribution is -0.0340. The van der Waals surface area contributed by atoms with Gasteiger partial charge in [0.2, 0.25) is 0 Å².